The lowest BCUT2D eigenvalue weighted by Gasteiger charge is -2.21. The van der Waals surface area contributed by atoms with Crippen molar-refractivity contribution in [2.75, 3.05) is 0 Å². The van der Waals surface area contributed by atoms with Gasteiger partial charge in [-0.1, -0.05) is 11.8 Å². The van der Waals surface area contributed by atoms with Crippen LogP contribution in [0, 0.1) is 6.92 Å². The fraction of sp³-hybridized carbons (Fsp3) is 0.429. The Kier molecular flexibility index (Phi) is 3.38. The molecule has 0 aromatic carbocycles. The molecule has 1 atom stereocenters. The predicted molar refractivity (Wildman–Crippen MR) is 86.7 cm³/mol. The van der Waals surface area contributed by atoms with Gasteiger partial charge in [-0.15, -0.1) is 11.3 Å². The lowest BCUT2D eigenvalue weighted by molar-refractivity contribution is 0.533. The Morgan fingerprint density at radius 3 is 2.75 bits per heavy atom. The number of H-pyrrole nitrogens is 1. The number of hydrogen-bond donors (Lipinski definition) is 1. The third-order valence-corrected chi connectivity index (χ3v) is 5.78. The first-order valence-electron chi connectivity index (χ1n) is 6.59. The highest BCUT2D eigenvalue weighted by Gasteiger charge is 2.31. The van der Waals surface area contributed by atoms with Crippen LogP contribution >= 0.6 is 23.1 Å². The van der Waals surface area contributed by atoms with E-state index in [2.05, 4.69) is 28.5 Å². The largest absolute Gasteiger partial charge is 0.271 e. The molecule has 2 aromatic rings. The number of aromatic amines is 1. The van der Waals surface area contributed by atoms with Gasteiger partial charge in [0.25, 0.3) is 5.56 Å². The summed E-state index contributed by atoms with van der Waals surface area (Å²) in [5.74, 6) is 0.791. The minimum atomic E-state index is -0.0183. The van der Waals surface area contributed by atoms with E-state index in [1.807, 2.05) is 25.5 Å². The van der Waals surface area contributed by atoms with E-state index < -0.39 is 0 Å². The Hall–Kier alpha value is -1.27. The molecule has 0 spiro atoms. The van der Waals surface area contributed by atoms with Crippen molar-refractivity contribution < 1.29 is 0 Å². The third-order valence-electron chi connectivity index (χ3n) is 3.41. The molecule has 20 heavy (non-hydrogen) atoms. The summed E-state index contributed by atoms with van der Waals surface area (Å²) in [6.07, 6.45) is 0. The van der Waals surface area contributed by atoms with Crippen molar-refractivity contribution in [2.24, 2.45) is 4.99 Å². The molecule has 0 radical (unpaired) electrons. The van der Waals surface area contributed by atoms with Gasteiger partial charge in [0, 0.05) is 10.9 Å². The predicted octanol–water partition coefficient (Wildman–Crippen LogP) is 4.01. The summed E-state index contributed by atoms with van der Waals surface area (Å²) in [7, 11) is 0. The first-order chi connectivity index (χ1) is 9.49. The van der Waals surface area contributed by atoms with E-state index in [1.54, 1.807) is 23.1 Å². The van der Waals surface area contributed by atoms with Gasteiger partial charge in [0.15, 0.2) is 5.82 Å². The number of rotatable bonds is 2. The van der Waals surface area contributed by atoms with Crippen LogP contribution in [0.15, 0.2) is 21.2 Å². The zero-order chi connectivity index (χ0) is 14.4. The molecule has 0 amide bonds. The number of nitrogens with zero attached hydrogens (tertiary/aromatic N) is 2. The number of hydrogen-bond acceptors (Lipinski definition) is 4. The number of aliphatic imine (C=N–C) groups is 1. The Labute approximate surface area is 125 Å². The van der Waals surface area contributed by atoms with Crippen LogP contribution in [0.25, 0.3) is 0 Å². The van der Waals surface area contributed by atoms with Crippen LogP contribution in [0.4, 0.5) is 5.82 Å². The van der Waals surface area contributed by atoms with Gasteiger partial charge in [-0.2, -0.15) is 0 Å². The van der Waals surface area contributed by atoms with Crippen LogP contribution in [0.2, 0.25) is 0 Å². The SMILES string of the molecule is CC1=Nc2c(c(=O)[nH]n2C(C)C)C(c2sccc2C)S1. The van der Waals surface area contributed by atoms with Gasteiger partial charge in [0.2, 0.25) is 0 Å². The summed E-state index contributed by atoms with van der Waals surface area (Å²) in [4.78, 5) is 18.2. The second kappa shape index (κ2) is 4.93. The van der Waals surface area contributed by atoms with Crippen molar-refractivity contribution in [2.45, 2.75) is 39.0 Å². The molecule has 0 aliphatic carbocycles. The van der Waals surface area contributed by atoms with Crippen LogP contribution in [-0.4, -0.2) is 14.8 Å². The molecule has 0 saturated carbocycles. The number of nitrogens with one attached hydrogen (secondary N) is 1. The summed E-state index contributed by atoms with van der Waals surface area (Å²) in [5, 5.41) is 6.08. The maximum absolute atomic E-state index is 12.4. The maximum Gasteiger partial charge on any atom is 0.271 e. The van der Waals surface area contributed by atoms with E-state index in [1.165, 1.54) is 10.4 Å². The average Bonchev–Trinajstić information content (AvgIpc) is 2.93. The number of thiophene rings is 1. The van der Waals surface area contributed by atoms with Crippen LogP contribution in [0.3, 0.4) is 0 Å². The highest BCUT2D eigenvalue weighted by Crippen LogP contribution is 2.46. The first kappa shape index (κ1) is 13.7. The van der Waals surface area contributed by atoms with E-state index in [0.29, 0.717) is 0 Å². The standard InChI is InChI=1S/C14H17N3OS2/c1-7(2)17-13-10(14(18)16-17)12(20-9(4)15-13)11-8(3)5-6-19-11/h5-7,12H,1-4H3,(H,16,18). The smallest absolute Gasteiger partial charge is 0.268 e. The number of fused-ring (bicyclic) bond motifs is 1. The molecule has 1 unspecified atom stereocenters. The van der Waals surface area contributed by atoms with Crippen molar-refractivity contribution in [3.8, 4) is 0 Å². The lowest BCUT2D eigenvalue weighted by atomic mass is 10.1. The van der Waals surface area contributed by atoms with Crippen molar-refractivity contribution in [1.82, 2.24) is 9.78 Å². The number of aryl methyl sites for hydroxylation is 1. The van der Waals surface area contributed by atoms with Crippen molar-refractivity contribution >= 4 is 34.0 Å². The highest BCUT2D eigenvalue weighted by molar-refractivity contribution is 8.14. The summed E-state index contributed by atoms with van der Waals surface area (Å²) < 4.78 is 1.87. The molecule has 0 bridgehead atoms. The van der Waals surface area contributed by atoms with Crippen molar-refractivity contribution in [3.63, 3.8) is 0 Å². The highest BCUT2D eigenvalue weighted by atomic mass is 32.2. The summed E-state index contributed by atoms with van der Waals surface area (Å²) >= 11 is 3.38. The molecule has 106 valence electrons. The quantitative estimate of drug-likeness (QED) is 0.911. The van der Waals surface area contributed by atoms with Crippen LogP contribution in [0.5, 0.6) is 0 Å². The second-order valence-corrected chi connectivity index (χ2v) is 7.48. The molecule has 3 rings (SSSR count). The third kappa shape index (κ3) is 2.07. The molecule has 1 aliphatic rings. The Balaban J connectivity index is 2.23. The normalized spacial score (nSPS) is 18.2. The van der Waals surface area contributed by atoms with Gasteiger partial charge in [0.05, 0.1) is 15.9 Å². The van der Waals surface area contributed by atoms with Gasteiger partial charge < -0.3 is 0 Å². The van der Waals surface area contributed by atoms with Crippen LogP contribution < -0.4 is 5.56 Å². The molecule has 0 fully saturated rings. The molecular weight excluding hydrogens is 290 g/mol. The Morgan fingerprint density at radius 1 is 1.40 bits per heavy atom. The molecular formula is C14H17N3OS2. The van der Waals surface area contributed by atoms with Gasteiger partial charge in [-0.25, -0.2) is 4.99 Å². The van der Waals surface area contributed by atoms with E-state index in [-0.39, 0.29) is 16.9 Å². The van der Waals surface area contributed by atoms with Gasteiger partial charge >= 0.3 is 0 Å². The monoisotopic (exact) mass is 307 g/mol. The molecule has 3 heterocycles. The fourth-order valence-electron chi connectivity index (χ4n) is 2.42. The van der Waals surface area contributed by atoms with E-state index in [9.17, 15) is 4.79 Å². The fourth-order valence-corrected chi connectivity index (χ4v) is 4.75. The minimum Gasteiger partial charge on any atom is -0.268 e. The molecule has 1 N–H and O–H groups in total. The van der Waals surface area contributed by atoms with Crippen LogP contribution in [0.1, 0.15) is 48.1 Å². The summed E-state index contributed by atoms with van der Waals surface area (Å²) in [5.41, 5.74) is 2.01. The van der Waals surface area contributed by atoms with E-state index in [4.69, 9.17) is 0 Å². The van der Waals surface area contributed by atoms with Crippen LogP contribution in [-0.2, 0) is 0 Å². The van der Waals surface area contributed by atoms with Gasteiger partial charge in [-0.3, -0.25) is 14.6 Å². The molecule has 6 heteroatoms. The van der Waals surface area contributed by atoms with Crippen molar-refractivity contribution in [1.29, 1.82) is 0 Å². The summed E-state index contributed by atoms with van der Waals surface area (Å²) in [6.45, 7) is 8.20. The summed E-state index contributed by atoms with van der Waals surface area (Å²) in [6, 6.07) is 2.30. The van der Waals surface area contributed by atoms with E-state index in [0.717, 1.165) is 16.4 Å². The second-order valence-electron chi connectivity index (χ2n) is 5.24. The lowest BCUT2D eigenvalue weighted by Crippen LogP contribution is -2.13. The topological polar surface area (TPSA) is 50.1 Å². The van der Waals surface area contributed by atoms with E-state index >= 15 is 0 Å². The Bertz CT molecular complexity index is 736. The number of thioether (sulfide) groups is 1. The molecule has 0 saturated heterocycles. The first-order valence-corrected chi connectivity index (χ1v) is 8.35. The zero-order valence-corrected chi connectivity index (χ0v) is 13.6. The maximum atomic E-state index is 12.4. The number of aromatic nitrogens is 2. The minimum absolute atomic E-state index is 0.0183. The molecule has 2 aromatic heterocycles. The van der Waals surface area contributed by atoms with Crippen molar-refractivity contribution in [3.05, 3.63) is 37.8 Å². The average molecular weight is 307 g/mol. The molecule has 1 aliphatic heterocycles. The molecule has 4 nitrogen and oxygen atoms in total. The Morgan fingerprint density at radius 2 is 2.15 bits per heavy atom. The zero-order valence-electron chi connectivity index (χ0n) is 11.9. The van der Waals surface area contributed by atoms with Gasteiger partial charge in [-0.05, 0) is 44.7 Å². The van der Waals surface area contributed by atoms with Gasteiger partial charge in [0.1, 0.15) is 0 Å².